The molecule has 8 nitrogen and oxygen atoms in total. The molecule has 5 rings (SSSR count). The van der Waals surface area contributed by atoms with Crippen LogP contribution in [-0.4, -0.2) is 47.2 Å². The summed E-state index contributed by atoms with van der Waals surface area (Å²) in [6, 6.07) is 10.3. The van der Waals surface area contributed by atoms with Gasteiger partial charge in [0.25, 0.3) is 11.6 Å². The van der Waals surface area contributed by atoms with Gasteiger partial charge >= 0.3 is 0 Å². The minimum Gasteiger partial charge on any atom is -0.494 e. The highest BCUT2D eigenvalue weighted by Gasteiger charge is 2.25. The lowest BCUT2D eigenvalue weighted by molar-refractivity contribution is 0.0910. The van der Waals surface area contributed by atoms with E-state index in [1.54, 1.807) is 37.5 Å². The van der Waals surface area contributed by atoms with Crippen molar-refractivity contribution < 1.29 is 22.9 Å². The number of benzene rings is 1. The number of pyridine rings is 1. The number of rotatable bonds is 6. The molecule has 1 N–H and O–H groups in total. The van der Waals surface area contributed by atoms with Gasteiger partial charge in [0.05, 0.1) is 30.0 Å². The maximum atomic E-state index is 14.0. The monoisotopic (exact) mass is 464 g/mol. The topological polar surface area (TPSA) is 93.6 Å². The Morgan fingerprint density at radius 1 is 1.26 bits per heavy atom. The Hall–Kier alpha value is -3.72. The quantitative estimate of drug-likeness (QED) is 0.454. The van der Waals surface area contributed by atoms with Gasteiger partial charge in [0, 0.05) is 25.7 Å². The average Bonchev–Trinajstić information content (AvgIpc) is 3.50. The second kappa shape index (κ2) is 9.26. The Bertz CT molecular complexity index is 1310. The van der Waals surface area contributed by atoms with Gasteiger partial charge in [-0.05, 0) is 55.7 Å². The number of nitrogens with one attached hydrogen (secondary N) is 1. The Balaban J connectivity index is 1.26. The van der Waals surface area contributed by atoms with Gasteiger partial charge in [-0.3, -0.25) is 9.69 Å². The molecule has 9 heteroatoms. The number of likely N-dealkylation sites (tertiary alicyclic amines) is 1. The maximum Gasteiger partial charge on any atom is 0.259 e. The molecule has 0 spiro atoms. The van der Waals surface area contributed by atoms with Gasteiger partial charge in [-0.15, -0.1) is 0 Å². The molecule has 0 unspecified atom stereocenters. The van der Waals surface area contributed by atoms with E-state index in [1.165, 1.54) is 13.2 Å². The van der Waals surface area contributed by atoms with Gasteiger partial charge in [-0.2, -0.15) is 0 Å². The van der Waals surface area contributed by atoms with E-state index in [0.29, 0.717) is 40.4 Å². The number of aryl methyl sites for hydroxylation is 1. The summed E-state index contributed by atoms with van der Waals surface area (Å²) >= 11 is 0. The zero-order valence-corrected chi connectivity index (χ0v) is 19.0. The number of carbonyl (C=O) groups is 1. The number of nitrogens with zero attached hydrogens (tertiary/aromatic N) is 3. The third kappa shape index (κ3) is 4.38. The molecule has 1 aliphatic rings. The number of ether oxygens (including phenoxy) is 1. The zero-order valence-electron chi connectivity index (χ0n) is 19.0. The first-order chi connectivity index (χ1) is 16.5. The molecule has 0 bridgehead atoms. The van der Waals surface area contributed by atoms with E-state index in [2.05, 4.69) is 20.4 Å². The van der Waals surface area contributed by atoms with Crippen molar-refractivity contribution in [1.82, 2.24) is 20.4 Å². The van der Waals surface area contributed by atoms with Crippen molar-refractivity contribution in [3.8, 4) is 17.2 Å². The standard InChI is InChI=1S/C25H25FN4O4/c1-15-23-18(13-20(22-4-3-11-33-22)28-25(23)34-29-15)24(31)27-17-7-9-30(10-8-17)14-16-5-6-21(32-2)19(26)12-16/h3-6,11-13,17H,7-10,14H2,1-2H3,(H,27,31). The fourth-order valence-corrected chi connectivity index (χ4v) is 4.39. The van der Waals surface area contributed by atoms with E-state index < -0.39 is 0 Å². The molecular formula is C25H25FN4O4. The predicted octanol–water partition coefficient (Wildman–Crippen LogP) is 4.33. The summed E-state index contributed by atoms with van der Waals surface area (Å²) in [6.45, 7) is 4.04. The van der Waals surface area contributed by atoms with Crippen LogP contribution in [0.25, 0.3) is 22.6 Å². The molecule has 0 aliphatic carbocycles. The van der Waals surface area contributed by atoms with E-state index in [1.807, 2.05) is 6.07 Å². The average molecular weight is 464 g/mol. The second-order valence-corrected chi connectivity index (χ2v) is 8.47. The lowest BCUT2D eigenvalue weighted by Gasteiger charge is -2.32. The molecule has 4 aromatic rings. The SMILES string of the molecule is COc1ccc(CN2CCC(NC(=O)c3cc(-c4ccco4)nc4onc(C)c34)CC2)cc1F. The summed E-state index contributed by atoms with van der Waals surface area (Å²) in [5.41, 5.74) is 2.79. The van der Waals surface area contributed by atoms with Gasteiger partial charge in [0.15, 0.2) is 17.3 Å². The summed E-state index contributed by atoms with van der Waals surface area (Å²) in [5.74, 6) is 0.243. The van der Waals surface area contributed by atoms with Crippen molar-refractivity contribution in [2.45, 2.75) is 32.4 Å². The van der Waals surface area contributed by atoms with E-state index in [-0.39, 0.29) is 23.5 Å². The van der Waals surface area contributed by atoms with Crippen LogP contribution in [0.5, 0.6) is 5.75 Å². The molecule has 1 amide bonds. The van der Waals surface area contributed by atoms with Gasteiger partial charge in [-0.25, -0.2) is 9.37 Å². The number of fused-ring (bicyclic) bond motifs is 1. The van der Waals surface area contributed by atoms with Crippen molar-refractivity contribution in [2.24, 2.45) is 0 Å². The van der Waals surface area contributed by atoms with Crippen molar-refractivity contribution >= 4 is 17.0 Å². The maximum absolute atomic E-state index is 14.0. The molecule has 4 heterocycles. The van der Waals surface area contributed by atoms with Gasteiger partial charge in [0.2, 0.25) is 0 Å². The molecular weight excluding hydrogens is 439 g/mol. The highest BCUT2D eigenvalue weighted by atomic mass is 19.1. The van der Waals surface area contributed by atoms with Crippen LogP contribution in [-0.2, 0) is 6.54 Å². The first kappa shape index (κ1) is 22.1. The van der Waals surface area contributed by atoms with E-state index in [0.717, 1.165) is 31.5 Å². The lowest BCUT2D eigenvalue weighted by Crippen LogP contribution is -2.44. The number of halogens is 1. The van der Waals surface area contributed by atoms with Gasteiger partial charge in [0.1, 0.15) is 5.69 Å². The van der Waals surface area contributed by atoms with Crippen molar-refractivity contribution in [3.05, 3.63) is 65.3 Å². The lowest BCUT2D eigenvalue weighted by atomic mass is 10.0. The van der Waals surface area contributed by atoms with Gasteiger partial charge in [-0.1, -0.05) is 11.2 Å². The third-order valence-corrected chi connectivity index (χ3v) is 6.18. The van der Waals surface area contributed by atoms with Crippen LogP contribution in [0.4, 0.5) is 4.39 Å². The second-order valence-electron chi connectivity index (χ2n) is 8.47. The summed E-state index contributed by atoms with van der Waals surface area (Å²) in [4.78, 5) is 20.0. The summed E-state index contributed by atoms with van der Waals surface area (Å²) in [6.07, 6.45) is 3.15. The van der Waals surface area contributed by atoms with Crippen molar-refractivity contribution in [2.75, 3.05) is 20.2 Å². The smallest absolute Gasteiger partial charge is 0.259 e. The number of methoxy groups -OCH3 is 1. The van der Waals surface area contributed by atoms with E-state index in [9.17, 15) is 9.18 Å². The Kier molecular flexibility index (Phi) is 6.02. The highest BCUT2D eigenvalue weighted by Crippen LogP contribution is 2.28. The predicted molar refractivity (Wildman–Crippen MR) is 123 cm³/mol. The summed E-state index contributed by atoms with van der Waals surface area (Å²) in [5, 5.41) is 7.74. The Morgan fingerprint density at radius 2 is 2.09 bits per heavy atom. The first-order valence-corrected chi connectivity index (χ1v) is 11.2. The molecule has 1 aromatic carbocycles. The molecule has 1 aliphatic heterocycles. The molecule has 0 saturated carbocycles. The first-order valence-electron chi connectivity index (χ1n) is 11.2. The van der Waals surface area contributed by atoms with Crippen molar-refractivity contribution in [3.63, 3.8) is 0 Å². The number of amides is 1. The van der Waals surface area contributed by atoms with Gasteiger partial charge < -0.3 is 19.0 Å². The normalized spacial score (nSPS) is 15.0. The number of carbonyl (C=O) groups excluding carboxylic acids is 1. The Labute approximate surface area is 195 Å². The van der Waals surface area contributed by atoms with Crippen LogP contribution < -0.4 is 10.1 Å². The summed E-state index contributed by atoms with van der Waals surface area (Å²) in [7, 11) is 1.45. The Morgan fingerprint density at radius 3 is 2.79 bits per heavy atom. The minimum atomic E-state index is -0.358. The van der Waals surface area contributed by atoms with Crippen molar-refractivity contribution in [1.29, 1.82) is 0 Å². The fraction of sp³-hybridized carbons (Fsp3) is 0.320. The molecule has 34 heavy (non-hydrogen) atoms. The highest BCUT2D eigenvalue weighted by molar-refractivity contribution is 6.07. The third-order valence-electron chi connectivity index (χ3n) is 6.18. The molecule has 3 aromatic heterocycles. The molecule has 1 fully saturated rings. The largest absolute Gasteiger partial charge is 0.494 e. The molecule has 1 saturated heterocycles. The zero-order chi connectivity index (χ0) is 23.7. The number of furan rings is 1. The number of aromatic nitrogens is 2. The van der Waals surface area contributed by atoms with Crippen LogP contribution >= 0.6 is 0 Å². The number of hydrogen-bond donors (Lipinski definition) is 1. The minimum absolute atomic E-state index is 0.0341. The summed E-state index contributed by atoms with van der Waals surface area (Å²) < 4.78 is 29.8. The van der Waals surface area contributed by atoms with Crippen LogP contribution in [0.1, 0.15) is 34.5 Å². The molecule has 0 radical (unpaired) electrons. The van der Waals surface area contributed by atoms with Crippen LogP contribution in [0, 0.1) is 12.7 Å². The number of hydrogen-bond acceptors (Lipinski definition) is 7. The van der Waals surface area contributed by atoms with Crippen LogP contribution in [0.15, 0.2) is 51.6 Å². The van der Waals surface area contributed by atoms with Crippen LogP contribution in [0.2, 0.25) is 0 Å². The van der Waals surface area contributed by atoms with Crippen LogP contribution in [0.3, 0.4) is 0 Å². The molecule has 0 atom stereocenters. The van der Waals surface area contributed by atoms with E-state index in [4.69, 9.17) is 13.7 Å². The fourth-order valence-electron chi connectivity index (χ4n) is 4.39. The number of piperidine rings is 1. The van der Waals surface area contributed by atoms with E-state index >= 15 is 0 Å². The molecule has 176 valence electrons.